The maximum Gasteiger partial charge on any atom is 0.353 e. The van der Waals surface area contributed by atoms with Crippen LogP contribution in [0.25, 0.3) is 0 Å². The summed E-state index contributed by atoms with van der Waals surface area (Å²) < 4.78 is 10.4. The van der Waals surface area contributed by atoms with E-state index in [2.05, 4.69) is 20.6 Å². The molecule has 1 aromatic carbocycles. The van der Waals surface area contributed by atoms with Crippen LogP contribution in [0.1, 0.15) is 20.3 Å². The van der Waals surface area contributed by atoms with E-state index in [9.17, 15) is 10.1 Å². The number of halogens is 1. The lowest BCUT2D eigenvalue weighted by molar-refractivity contribution is -0.383. The second-order valence-electron chi connectivity index (χ2n) is 5.44. The molecule has 0 saturated carbocycles. The van der Waals surface area contributed by atoms with Crippen LogP contribution >= 0.6 is 11.6 Å². The fourth-order valence-electron chi connectivity index (χ4n) is 2.17. The van der Waals surface area contributed by atoms with Crippen molar-refractivity contribution in [2.45, 2.75) is 26.3 Å². The van der Waals surface area contributed by atoms with Gasteiger partial charge in [0.1, 0.15) is 17.8 Å². The lowest BCUT2D eigenvalue weighted by Gasteiger charge is -2.15. The Morgan fingerprint density at radius 2 is 1.88 bits per heavy atom. The van der Waals surface area contributed by atoms with Gasteiger partial charge in [-0.25, -0.2) is 9.97 Å². The minimum Gasteiger partial charge on any atom is -0.495 e. The molecule has 0 spiro atoms. The zero-order chi connectivity index (χ0) is 19.3. The predicted molar refractivity (Wildman–Crippen MR) is 99.9 cm³/mol. The first-order valence-corrected chi connectivity index (χ1v) is 8.23. The molecule has 1 heterocycles. The van der Waals surface area contributed by atoms with Gasteiger partial charge in [0.05, 0.1) is 29.9 Å². The van der Waals surface area contributed by atoms with Crippen molar-refractivity contribution >= 4 is 34.6 Å². The molecule has 140 valence electrons. The van der Waals surface area contributed by atoms with Crippen LogP contribution in [0.5, 0.6) is 11.5 Å². The predicted octanol–water partition coefficient (Wildman–Crippen LogP) is 4.01. The van der Waals surface area contributed by atoms with E-state index in [0.29, 0.717) is 22.2 Å². The molecular weight excluding hydrogens is 362 g/mol. The summed E-state index contributed by atoms with van der Waals surface area (Å²) in [6, 6.07) is 3.14. The lowest BCUT2D eigenvalue weighted by Crippen LogP contribution is -2.16. The molecule has 2 aromatic rings. The Kier molecular flexibility index (Phi) is 6.40. The SMILES string of the molecule is CCC(C)Nc1ncnc(Nc2cc(Cl)c(OC)cc2OC)c1[N+](=O)[O-]. The summed E-state index contributed by atoms with van der Waals surface area (Å²) in [5.41, 5.74) is 0.149. The van der Waals surface area contributed by atoms with Crippen molar-refractivity contribution in [3.8, 4) is 11.5 Å². The van der Waals surface area contributed by atoms with Gasteiger partial charge < -0.3 is 20.1 Å². The molecule has 0 radical (unpaired) electrons. The number of hydrogen-bond donors (Lipinski definition) is 2. The van der Waals surface area contributed by atoms with Gasteiger partial charge >= 0.3 is 5.69 Å². The van der Waals surface area contributed by atoms with Crippen LogP contribution in [0.3, 0.4) is 0 Å². The van der Waals surface area contributed by atoms with Crippen LogP contribution in [0.4, 0.5) is 23.0 Å². The van der Waals surface area contributed by atoms with Crippen molar-refractivity contribution in [1.29, 1.82) is 0 Å². The standard InChI is InChI=1S/C16H20ClN5O4/c1-5-9(2)20-15-14(22(23)24)16(19-8-18-15)21-11-6-10(17)12(25-3)7-13(11)26-4/h6-9H,5H2,1-4H3,(H2,18,19,20,21). The molecule has 9 nitrogen and oxygen atoms in total. The van der Waals surface area contributed by atoms with Gasteiger partial charge in [-0.15, -0.1) is 0 Å². The van der Waals surface area contributed by atoms with E-state index in [1.807, 2.05) is 13.8 Å². The number of methoxy groups -OCH3 is 2. The topological polar surface area (TPSA) is 111 Å². The number of anilines is 3. The van der Waals surface area contributed by atoms with E-state index < -0.39 is 4.92 Å². The number of nitro groups is 1. The molecule has 1 aromatic heterocycles. The molecule has 0 aliphatic rings. The highest BCUT2D eigenvalue weighted by atomic mass is 35.5. The van der Waals surface area contributed by atoms with Crippen LogP contribution < -0.4 is 20.1 Å². The van der Waals surface area contributed by atoms with Crippen molar-refractivity contribution in [3.63, 3.8) is 0 Å². The first kappa shape index (κ1) is 19.5. The maximum absolute atomic E-state index is 11.6. The summed E-state index contributed by atoms with van der Waals surface area (Å²) in [6.07, 6.45) is 2.03. The quantitative estimate of drug-likeness (QED) is 0.521. The molecule has 1 atom stereocenters. The Bertz CT molecular complexity index is 802. The second-order valence-corrected chi connectivity index (χ2v) is 5.85. The molecule has 10 heteroatoms. The number of aromatic nitrogens is 2. The van der Waals surface area contributed by atoms with Gasteiger partial charge in [-0.1, -0.05) is 18.5 Å². The molecule has 2 N–H and O–H groups in total. The Morgan fingerprint density at radius 1 is 1.23 bits per heavy atom. The average molecular weight is 382 g/mol. The molecule has 0 aliphatic heterocycles. The van der Waals surface area contributed by atoms with Crippen LogP contribution in [0, 0.1) is 10.1 Å². The van der Waals surface area contributed by atoms with Crippen molar-refractivity contribution < 1.29 is 14.4 Å². The van der Waals surface area contributed by atoms with Crippen LogP contribution in [-0.4, -0.2) is 35.2 Å². The minimum atomic E-state index is -0.537. The van der Waals surface area contributed by atoms with E-state index in [1.54, 1.807) is 12.1 Å². The van der Waals surface area contributed by atoms with Crippen molar-refractivity contribution in [2.75, 3.05) is 24.9 Å². The van der Waals surface area contributed by atoms with Gasteiger partial charge in [0, 0.05) is 12.1 Å². The zero-order valence-electron chi connectivity index (χ0n) is 14.9. The van der Waals surface area contributed by atoms with E-state index in [1.165, 1.54) is 20.5 Å². The third-order valence-corrected chi connectivity index (χ3v) is 4.02. The summed E-state index contributed by atoms with van der Waals surface area (Å²) in [5, 5.41) is 17.8. The fraction of sp³-hybridized carbons (Fsp3) is 0.375. The molecular formula is C16H20ClN5O4. The lowest BCUT2D eigenvalue weighted by atomic mass is 10.2. The van der Waals surface area contributed by atoms with Crippen molar-refractivity contribution in [2.24, 2.45) is 0 Å². The van der Waals surface area contributed by atoms with E-state index >= 15 is 0 Å². The normalized spacial score (nSPS) is 11.6. The van der Waals surface area contributed by atoms with E-state index in [4.69, 9.17) is 21.1 Å². The third kappa shape index (κ3) is 4.23. The van der Waals surface area contributed by atoms with Gasteiger partial charge in [0.2, 0.25) is 11.6 Å². The summed E-state index contributed by atoms with van der Waals surface area (Å²) in [4.78, 5) is 19.1. The van der Waals surface area contributed by atoms with Crippen LogP contribution in [0.2, 0.25) is 5.02 Å². The van der Waals surface area contributed by atoms with Gasteiger partial charge in [-0.3, -0.25) is 10.1 Å². The number of hydrogen-bond acceptors (Lipinski definition) is 8. The molecule has 2 rings (SSSR count). The van der Waals surface area contributed by atoms with Crippen molar-refractivity contribution in [3.05, 3.63) is 33.6 Å². The van der Waals surface area contributed by atoms with E-state index in [-0.39, 0.29) is 23.4 Å². The van der Waals surface area contributed by atoms with E-state index in [0.717, 1.165) is 6.42 Å². The first-order valence-electron chi connectivity index (χ1n) is 7.85. The van der Waals surface area contributed by atoms with Crippen LogP contribution in [0.15, 0.2) is 18.5 Å². The number of nitrogens with zero attached hydrogens (tertiary/aromatic N) is 3. The summed E-state index contributed by atoms with van der Waals surface area (Å²) >= 11 is 6.15. The third-order valence-electron chi connectivity index (χ3n) is 3.73. The highest BCUT2D eigenvalue weighted by molar-refractivity contribution is 6.32. The molecule has 0 saturated heterocycles. The summed E-state index contributed by atoms with van der Waals surface area (Å²) in [6.45, 7) is 3.87. The number of benzene rings is 1. The second kappa shape index (κ2) is 8.52. The largest absolute Gasteiger partial charge is 0.495 e. The van der Waals surface area contributed by atoms with Gasteiger partial charge in [0.25, 0.3) is 0 Å². The Hall–Kier alpha value is -2.81. The average Bonchev–Trinajstić information content (AvgIpc) is 2.61. The molecule has 0 aliphatic carbocycles. The van der Waals surface area contributed by atoms with Crippen LogP contribution in [-0.2, 0) is 0 Å². The molecule has 0 amide bonds. The van der Waals surface area contributed by atoms with Crippen molar-refractivity contribution in [1.82, 2.24) is 9.97 Å². The van der Waals surface area contributed by atoms with Gasteiger partial charge in [-0.2, -0.15) is 0 Å². The molecule has 1 unspecified atom stereocenters. The first-order chi connectivity index (χ1) is 12.4. The Morgan fingerprint density at radius 3 is 2.46 bits per heavy atom. The highest BCUT2D eigenvalue weighted by Gasteiger charge is 2.25. The molecule has 0 fully saturated rings. The smallest absolute Gasteiger partial charge is 0.353 e. The summed E-state index contributed by atoms with van der Waals surface area (Å²) in [7, 11) is 2.95. The number of rotatable bonds is 8. The Labute approximate surface area is 155 Å². The molecule has 26 heavy (non-hydrogen) atoms. The highest BCUT2D eigenvalue weighted by Crippen LogP contribution is 2.39. The number of nitrogens with one attached hydrogen (secondary N) is 2. The molecule has 0 bridgehead atoms. The maximum atomic E-state index is 11.6. The minimum absolute atomic E-state index is 0.0152. The summed E-state index contributed by atoms with van der Waals surface area (Å²) in [5.74, 6) is 0.983. The fourth-order valence-corrected chi connectivity index (χ4v) is 2.41. The monoisotopic (exact) mass is 381 g/mol. The number of ether oxygens (including phenoxy) is 2. The van der Waals surface area contributed by atoms with Gasteiger partial charge in [-0.05, 0) is 19.4 Å². The van der Waals surface area contributed by atoms with Gasteiger partial charge in [0.15, 0.2) is 0 Å². The zero-order valence-corrected chi connectivity index (χ0v) is 15.6. The Balaban J connectivity index is 2.48.